The van der Waals surface area contributed by atoms with Crippen LogP contribution in [0.15, 0.2) is 0 Å². The molecule has 0 aliphatic carbocycles. The van der Waals surface area contributed by atoms with Gasteiger partial charge in [-0.1, -0.05) is 0 Å². The SMILES string of the molecule is [B]C1OC[C@@H](OC)C1=O. The van der Waals surface area contributed by atoms with E-state index in [1.54, 1.807) is 0 Å². The maximum Gasteiger partial charge on any atom is 0.182 e. The normalized spacial score (nSPS) is 35.4. The van der Waals surface area contributed by atoms with E-state index >= 15 is 0 Å². The minimum absolute atomic E-state index is 0.169. The van der Waals surface area contributed by atoms with Gasteiger partial charge < -0.3 is 9.47 Å². The predicted octanol–water partition coefficient (Wildman–Crippen LogP) is -0.905. The van der Waals surface area contributed by atoms with Crippen molar-refractivity contribution in [3.63, 3.8) is 0 Å². The van der Waals surface area contributed by atoms with Gasteiger partial charge in [-0.2, -0.15) is 0 Å². The summed E-state index contributed by atoms with van der Waals surface area (Å²) >= 11 is 0. The molecule has 1 heterocycles. The molecule has 4 heteroatoms. The van der Waals surface area contributed by atoms with Crippen molar-refractivity contribution in [3.8, 4) is 0 Å². The van der Waals surface area contributed by atoms with Crippen molar-refractivity contribution in [2.24, 2.45) is 0 Å². The smallest absolute Gasteiger partial charge is 0.182 e. The number of hydrogen-bond acceptors (Lipinski definition) is 3. The number of rotatable bonds is 1. The van der Waals surface area contributed by atoms with Crippen LogP contribution in [0.25, 0.3) is 0 Å². The summed E-state index contributed by atoms with van der Waals surface area (Å²) in [6, 6.07) is -0.769. The fraction of sp³-hybridized carbons (Fsp3) is 0.800. The quantitative estimate of drug-likeness (QED) is 0.427. The molecule has 1 aliphatic heterocycles. The summed E-state index contributed by atoms with van der Waals surface area (Å²) in [6.45, 7) is 0.288. The van der Waals surface area contributed by atoms with E-state index < -0.39 is 12.1 Å². The first-order chi connectivity index (χ1) is 4.25. The van der Waals surface area contributed by atoms with Gasteiger partial charge in [-0.05, 0) is 0 Å². The summed E-state index contributed by atoms with van der Waals surface area (Å²) < 4.78 is 9.51. The number of hydrogen-bond donors (Lipinski definition) is 0. The Hall–Kier alpha value is -0.345. The molecule has 0 aromatic rings. The van der Waals surface area contributed by atoms with Gasteiger partial charge in [0, 0.05) is 7.11 Å². The highest BCUT2D eigenvalue weighted by Crippen LogP contribution is 2.07. The van der Waals surface area contributed by atoms with Crippen LogP contribution in [0, 0.1) is 0 Å². The molecular formula is C5H7BO3. The molecule has 0 N–H and O–H groups in total. The molecule has 0 amide bonds. The summed E-state index contributed by atoms with van der Waals surface area (Å²) in [5, 5.41) is 0. The standard InChI is InChI=1S/C5H7BO3/c1-8-3-2-9-5(6)4(3)7/h3,5H,2H2,1H3/t3-,5?/m1/s1. The minimum Gasteiger partial charge on any atom is -0.377 e. The van der Waals surface area contributed by atoms with Crippen molar-refractivity contribution in [2.45, 2.75) is 12.1 Å². The van der Waals surface area contributed by atoms with E-state index in [9.17, 15) is 4.79 Å². The van der Waals surface area contributed by atoms with E-state index in [0.29, 0.717) is 0 Å². The van der Waals surface area contributed by atoms with Crippen LogP contribution in [0.2, 0.25) is 0 Å². The number of ether oxygens (including phenoxy) is 2. The molecule has 9 heavy (non-hydrogen) atoms. The maximum absolute atomic E-state index is 10.8. The Morgan fingerprint density at radius 1 is 1.89 bits per heavy atom. The number of Topliss-reactive ketones (excluding diaryl/α,β-unsaturated/α-hetero) is 1. The molecule has 1 unspecified atom stereocenters. The van der Waals surface area contributed by atoms with Crippen molar-refractivity contribution in [3.05, 3.63) is 0 Å². The van der Waals surface area contributed by atoms with Gasteiger partial charge in [0.2, 0.25) is 0 Å². The van der Waals surface area contributed by atoms with E-state index in [4.69, 9.17) is 17.3 Å². The van der Waals surface area contributed by atoms with Crippen LogP contribution in [-0.2, 0) is 14.3 Å². The summed E-state index contributed by atoms with van der Waals surface area (Å²) in [5.41, 5.74) is 0. The Bertz CT molecular complexity index is 125. The van der Waals surface area contributed by atoms with Gasteiger partial charge in [-0.25, -0.2) is 0 Å². The first-order valence-corrected chi connectivity index (χ1v) is 2.69. The molecule has 2 radical (unpaired) electrons. The molecule has 48 valence electrons. The number of carbonyl (C=O) groups is 1. The van der Waals surface area contributed by atoms with Crippen molar-refractivity contribution in [2.75, 3.05) is 13.7 Å². The zero-order chi connectivity index (χ0) is 6.85. The molecule has 1 aliphatic rings. The number of ketones is 1. The van der Waals surface area contributed by atoms with E-state index in [1.165, 1.54) is 7.11 Å². The van der Waals surface area contributed by atoms with Crippen molar-refractivity contribution >= 4 is 13.6 Å². The third kappa shape index (κ3) is 1.14. The lowest BCUT2D eigenvalue weighted by Gasteiger charge is -2.00. The Morgan fingerprint density at radius 3 is 2.78 bits per heavy atom. The summed E-state index contributed by atoms with van der Waals surface area (Å²) in [6.07, 6.45) is -0.444. The van der Waals surface area contributed by atoms with Crippen molar-refractivity contribution < 1.29 is 14.3 Å². The Labute approximate surface area is 54.7 Å². The van der Waals surface area contributed by atoms with E-state index in [2.05, 4.69) is 0 Å². The van der Waals surface area contributed by atoms with E-state index in [-0.39, 0.29) is 12.4 Å². The summed E-state index contributed by atoms with van der Waals surface area (Å²) in [7, 11) is 6.65. The predicted molar refractivity (Wildman–Crippen MR) is 31.3 cm³/mol. The monoisotopic (exact) mass is 126 g/mol. The fourth-order valence-electron chi connectivity index (χ4n) is 0.723. The first-order valence-electron chi connectivity index (χ1n) is 2.69. The molecule has 0 aromatic carbocycles. The highest BCUT2D eigenvalue weighted by Gasteiger charge is 2.31. The van der Waals surface area contributed by atoms with Crippen LogP contribution < -0.4 is 0 Å². The molecule has 0 bridgehead atoms. The summed E-state index contributed by atoms with van der Waals surface area (Å²) in [4.78, 5) is 10.8. The lowest BCUT2D eigenvalue weighted by Crippen LogP contribution is -2.25. The van der Waals surface area contributed by atoms with Crippen molar-refractivity contribution in [1.82, 2.24) is 0 Å². The molecule has 0 saturated carbocycles. The van der Waals surface area contributed by atoms with Crippen LogP contribution in [0.5, 0.6) is 0 Å². The van der Waals surface area contributed by atoms with Gasteiger partial charge in [-0.3, -0.25) is 4.79 Å². The molecule has 2 atom stereocenters. The molecule has 0 spiro atoms. The average molecular weight is 126 g/mol. The van der Waals surface area contributed by atoms with Gasteiger partial charge in [-0.15, -0.1) is 0 Å². The average Bonchev–Trinajstić information content (AvgIpc) is 2.15. The zero-order valence-corrected chi connectivity index (χ0v) is 5.16. The van der Waals surface area contributed by atoms with Crippen LogP contribution >= 0.6 is 0 Å². The second-order valence-corrected chi connectivity index (χ2v) is 1.88. The van der Waals surface area contributed by atoms with Crippen molar-refractivity contribution in [1.29, 1.82) is 0 Å². The Balaban J connectivity index is 2.51. The van der Waals surface area contributed by atoms with Gasteiger partial charge in [0.15, 0.2) is 5.78 Å². The molecule has 3 nitrogen and oxygen atoms in total. The topological polar surface area (TPSA) is 35.5 Å². The Kier molecular flexibility index (Phi) is 1.88. The van der Waals surface area contributed by atoms with Crippen LogP contribution in [-0.4, -0.2) is 39.5 Å². The highest BCUT2D eigenvalue weighted by molar-refractivity contribution is 6.25. The summed E-state index contributed by atoms with van der Waals surface area (Å²) in [5.74, 6) is -0.169. The third-order valence-electron chi connectivity index (χ3n) is 1.31. The number of carbonyl (C=O) groups excluding carboxylic acids is 1. The molecule has 1 saturated heterocycles. The largest absolute Gasteiger partial charge is 0.377 e. The van der Waals surface area contributed by atoms with Gasteiger partial charge >= 0.3 is 0 Å². The maximum atomic E-state index is 10.8. The zero-order valence-electron chi connectivity index (χ0n) is 5.16. The highest BCUT2D eigenvalue weighted by atomic mass is 16.6. The van der Waals surface area contributed by atoms with Crippen LogP contribution in [0.1, 0.15) is 0 Å². The van der Waals surface area contributed by atoms with Gasteiger partial charge in [0.05, 0.1) is 12.6 Å². The van der Waals surface area contributed by atoms with Gasteiger partial charge in [0.25, 0.3) is 0 Å². The lowest BCUT2D eigenvalue weighted by molar-refractivity contribution is -0.125. The first kappa shape index (κ1) is 6.77. The molecule has 1 rings (SSSR count). The molecule has 1 fully saturated rings. The Morgan fingerprint density at radius 2 is 2.56 bits per heavy atom. The van der Waals surface area contributed by atoms with Crippen LogP contribution in [0.3, 0.4) is 0 Å². The lowest BCUT2D eigenvalue weighted by atomic mass is 9.95. The van der Waals surface area contributed by atoms with E-state index in [0.717, 1.165) is 0 Å². The minimum atomic E-state index is -0.769. The molecule has 0 aromatic heterocycles. The second kappa shape index (κ2) is 2.50. The second-order valence-electron chi connectivity index (χ2n) is 1.88. The number of methoxy groups -OCH3 is 1. The fourth-order valence-corrected chi connectivity index (χ4v) is 0.723. The van der Waals surface area contributed by atoms with Crippen LogP contribution in [0.4, 0.5) is 0 Å². The van der Waals surface area contributed by atoms with E-state index in [1.807, 2.05) is 0 Å². The molecular weight excluding hydrogens is 119 g/mol. The third-order valence-corrected chi connectivity index (χ3v) is 1.31. The van der Waals surface area contributed by atoms with Gasteiger partial charge in [0.1, 0.15) is 14.0 Å².